The molecule has 0 aliphatic rings. The van der Waals surface area contributed by atoms with Crippen molar-refractivity contribution in [3.05, 3.63) is 58.9 Å². The molecule has 5 nitrogen and oxygen atoms in total. The highest BCUT2D eigenvalue weighted by Gasteiger charge is 2.21. The average molecular weight is 423 g/mol. The van der Waals surface area contributed by atoms with Crippen LogP contribution in [0.3, 0.4) is 0 Å². The van der Waals surface area contributed by atoms with Gasteiger partial charge in [0.05, 0.1) is 9.92 Å². The Morgan fingerprint density at radius 1 is 1.15 bits per heavy atom. The van der Waals surface area contributed by atoms with Crippen LogP contribution in [0.2, 0.25) is 5.02 Å². The molecule has 0 radical (unpaired) electrons. The van der Waals surface area contributed by atoms with E-state index in [1.165, 1.54) is 12.1 Å². The fourth-order valence-corrected chi connectivity index (χ4v) is 3.75. The van der Waals surface area contributed by atoms with Crippen molar-refractivity contribution in [2.75, 3.05) is 20.6 Å². The van der Waals surface area contributed by atoms with Crippen LogP contribution in [0.25, 0.3) is 0 Å². The second kappa shape index (κ2) is 8.92. The predicted molar refractivity (Wildman–Crippen MR) is 96.1 cm³/mol. The fraction of sp³-hybridized carbons (Fsp3) is 0.294. The van der Waals surface area contributed by atoms with Crippen LogP contribution >= 0.6 is 11.6 Å². The molecule has 0 saturated carbocycles. The Bertz CT molecular complexity index is 877. The minimum absolute atomic E-state index is 0.00781. The molecule has 27 heavy (non-hydrogen) atoms. The Labute approximate surface area is 160 Å². The molecule has 0 amide bonds. The van der Waals surface area contributed by atoms with Crippen LogP contribution in [0.4, 0.5) is 13.2 Å². The number of nitrogens with one attached hydrogen (secondary N) is 1. The summed E-state index contributed by atoms with van der Waals surface area (Å²) in [5, 5.41) is -0.249. The number of hydrogen-bond acceptors (Lipinski definition) is 4. The van der Waals surface area contributed by atoms with E-state index in [4.69, 9.17) is 11.6 Å². The smallest absolute Gasteiger partial charge is 0.387 e. The molecular formula is C17H18ClF3N2O3S. The molecule has 0 bridgehead atoms. The normalized spacial score (nSPS) is 13.2. The summed E-state index contributed by atoms with van der Waals surface area (Å²) < 4.78 is 69.3. The van der Waals surface area contributed by atoms with Gasteiger partial charge in [-0.15, -0.1) is 0 Å². The summed E-state index contributed by atoms with van der Waals surface area (Å²) in [7, 11) is -0.432. The van der Waals surface area contributed by atoms with E-state index in [-0.39, 0.29) is 28.3 Å². The van der Waals surface area contributed by atoms with E-state index in [0.717, 1.165) is 23.8 Å². The summed E-state index contributed by atoms with van der Waals surface area (Å²) in [5.41, 5.74) is 0.725. The first-order valence-corrected chi connectivity index (χ1v) is 9.62. The zero-order valence-electron chi connectivity index (χ0n) is 14.5. The molecule has 0 spiro atoms. The van der Waals surface area contributed by atoms with Crippen LogP contribution in [0.5, 0.6) is 5.75 Å². The molecule has 0 aliphatic carbocycles. The lowest BCUT2D eigenvalue weighted by Gasteiger charge is -2.25. The maximum atomic E-state index is 13.1. The number of benzene rings is 2. The SMILES string of the molecule is CN(C)[C@H](CNS(=O)(=O)c1ccc(OC(F)F)c(Cl)c1)c1ccc(F)cc1. The first-order valence-electron chi connectivity index (χ1n) is 7.76. The van der Waals surface area contributed by atoms with Gasteiger partial charge in [-0.25, -0.2) is 17.5 Å². The van der Waals surface area contributed by atoms with Crippen molar-refractivity contribution in [2.24, 2.45) is 0 Å². The molecule has 2 rings (SSSR count). The first-order chi connectivity index (χ1) is 12.6. The predicted octanol–water partition coefficient (Wildman–Crippen LogP) is 3.66. The summed E-state index contributed by atoms with van der Waals surface area (Å²) in [6, 6.07) is 8.59. The highest BCUT2D eigenvalue weighted by atomic mass is 35.5. The molecule has 0 heterocycles. The average Bonchev–Trinajstić information content (AvgIpc) is 2.57. The highest BCUT2D eigenvalue weighted by Crippen LogP contribution is 2.29. The van der Waals surface area contributed by atoms with E-state index < -0.39 is 22.5 Å². The van der Waals surface area contributed by atoms with Gasteiger partial charge in [0.25, 0.3) is 0 Å². The van der Waals surface area contributed by atoms with Gasteiger partial charge in [-0.2, -0.15) is 8.78 Å². The standard InChI is InChI=1S/C17H18ClF3N2O3S/c1-23(2)15(11-3-5-12(19)6-4-11)10-22-27(24,25)13-7-8-16(14(18)9-13)26-17(20)21/h3-9,15,17,22H,10H2,1-2H3/t15-/m1/s1. The number of sulfonamides is 1. The Balaban J connectivity index is 2.17. The number of alkyl halides is 2. The van der Waals surface area contributed by atoms with Crippen molar-refractivity contribution in [3.8, 4) is 5.75 Å². The molecule has 10 heteroatoms. The Hall–Kier alpha value is -1.81. The Morgan fingerprint density at radius 3 is 2.30 bits per heavy atom. The van der Waals surface area contributed by atoms with Gasteiger partial charge in [0.15, 0.2) is 0 Å². The number of rotatable bonds is 8. The molecule has 0 saturated heterocycles. The second-order valence-electron chi connectivity index (χ2n) is 5.85. The van der Waals surface area contributed by atoms with Crippen molar-refractivity contribution in [1.29, 1.82) is 0 Å². The van der Waals surface area contributed by atoms with Crippen LogP contribution in [0.15, 0.2) is 47.4 Å². The molecular weight excluding hydrogens is 405 g/mol. The largest absolute Gasteiger partial charge is 0.433 e. The number of likely N-dealkylation sites (N-methyl/N-ethyl adjacent to an activating group) is 1. The monoisotopic (exact) mass is 422 g/mol. The lowest BCUT2D eigenvalue weighted by Crippen LogP contribution is -2.34. The van der Waals surface area contributed by atoms with Gasteiger partial charge >= 0.3 is 6.61 Å². The lowest BCUT2D eigenvalue weighted by molar-refractivity contribution is -0.0498. The summed E-state index contributed by atoms with van der Waals surface area (Å²) in [6.45, 7) is -3.06. The third-order valence-electron chi connectivity index (χ3n) is 3.77. The van der Waals surface area contributed by atoms with Gasteiger partial charge in [-0.3, -0.25) is 0 Å². The van der Waals surface area contributed by atoms with E-state index in [9.17, 15) is 21.6 Å². The van der Waals surface area contributed by atoms with Crippen LogP contribution in [-0.4, -0.2) is 40.6 Å². The molecule has 0 aliphatic heterocycles. The molecule has 2 aromatic rings. The van der Waals surface area contributed by atoms with E-state index in [1.54, 1.807) is 31.1 Å². The number of halogens is 4. The quantitative estimate of drug-likeness (QED) is 0.705. The minimum Gasteiger partial charge on any atom is -0.433 e. The molecule has 0 aromatic heterocycles. The molecule has 0 unspecified atom stereocenters. The fourth-order valence-electron chi connectivity index (χ4n) is 2.40. The van der Waals surface area contributed by atoms with Gasteiger partial charge in [-0.1, -0.05) is 23.7 Å². The van der Waals surface area contributed by atoms with Gasteiger partial charge in [0.1, 0.15) is 11.6 Å². The maximum Gasteiger partial charge on any atom is 0.387 e. The number of ether oxygens (including phenoxy) is 1. The molecule has 1 atom stereocenters. The lowest BCUT2D eigenvalue weighted by atomic mass is 10.1. The summed E-state index contributed by atoms with van der Waals surface area (Å²) >= 11 is 5.81. The first kappa shape index (κ1) is 21.5. The van der Waals surface area contributed by atoms with Gasteiger partial charge in [-0.05, 0) is 50.0 Å². The van der Waals surface area contributed by atoms with Gasteiger partial charge < -0.3 is 9.64 Å². The van der Waals surface area contributed by atoms with E-state index in [0.29, 0.717) is 0 Å². The van der Waals surface area contributed by atoms with E-state index in [1.807, 2.05) is 0 Å². The zero-order valence-corrected chi connectivity index (χ0v) is 16.1. The van der Waals surface area contributed by atoms with Crippen LogP contribution < -0.4 is 9.46 Å². The van der Waals surface area contributed by atoms with Crippen molar-refractivity contribution in [3.63, 3.8) is 0 Å². The molecule has 1 N–H and O–H groups in total. The third kappa shape index (κ3) is 5.83. The topological polar surface area (TPSA) is 58.6 Å². The van der Waals surface area contributed by atoms with Crippen molar-refractivity contribution in [1.82, 2.24) is 9.62 Å². The minimum atomic E-state index is -3.95. The third-order valence-corrected chi connectivity index (χ3v) is 5.49. The van der Waals surface area contributed by atoms with Crippen molar-refractivity contribution >= 4 is 21.6 Å². The van der Waals surface area contributed by atoms with Gasteiger partial charge in [0, 0.05) is 12.6 Å². The van der Waals surface area contributed by atoms with E-state index in [2.05, 4.69) is 9.46 Å². The summed E-state index contributed by atoms with van der Waals surface area (Å²) in [4.78, 5) is 1.59. The molecule has 2 aromatic carbocycles. The molecule has 148 valence electrons. The van der Waals surface area contributed by atoms with Crippen LogP contribution in [-0.2, 0) is 10.0 Å². The number of nitrogens with zero attached hydrogens (tertiary/aromatic N) is 1. The Morgan fingerprint density at radius 2 is 1.78 bits per heavy atom. The van der Waals surface area contributed by atoms with Crippen LogP contribution in [0, 0.1) is 5.82 Å². The zero-order chi connectivity index (χ0) is 20.2. The molecule has 0 fully saturated rings. The van der Waals surface area contributed by atoms with Crippen molar-refractivity contribution < 1.29 is 26.3 Å². The van der Waals surface area contributed by atoms with Crippen LogP contribution in [0.1, 0.15) is 11.6 Å². The van der Waals surface area contributed by atoms with Crippen molar-refractivity contribution in [2.45, 2.75) is 17.5 Å². The second-order valence-corrected chi connectivity index (χ2v) is 8.03. The highest BCUT2D eigenvalue weighted by molar-refractivity contribution is 7.89. The summed E-state index contributed by atoms with van der Waals surface area (Å²) in [5.74, 6) is -0.708. The van der Waals surface area contributed by atoms with E-state index >= 15 is 0 Å². The summed E-state index contributed by atoms with van der Waals surface area (Å²) in [6.07, 6.45) is 0. The Kier molecular flexibility index (Phi) is 7.10. The maximum absolute atomic E-state index is 13.1. The van der Waals surface area contributed by atoms with Gasteiger partial charge in [0.2, 0.25) is 10.0 Å². The number of hydrogen-bond donors (Lipinski definition) is 1.